The first-order chi connectivity index (χ1) is 12.7. The van der Waals surface area contributed by atoms with Gasteiger partial charge in [-0.15, -0.1) is 0 Å². The zero-order valence-electron chi connectivity index (χ0n) is 15.6. The number of benzene rings is 1. The minimum Gasteiger partial charge on any atom is -0.491 e. The van der Waals surface area contributed by atoms with Crippen LogP contribution < -0.4 is 4.74 Å². The molecule has 2 atom stereocenters. The number of hydrogen-bond donors (Lipinski definition) is 1. The number of carbonyl (C=O) groups is 1. The van der Waals surface area contributed by atoms with Crippen LogP contribution in [0.2, 0.25) is 0 Å². The number of hydrogen-bond acceptors (Lipinski definition) is 5. The molecule has 1 N–H and O–H groups in total. The van der Waals surface area contributed by atoms with E-state index in [0.717, 1.165) is 38.1 Å². The molecular weight excluding hydrogens is 332 g/mol. The number of β-amino-alcohol motifs (C(OH)–C–C–N with tert-alkyl or cyclic N) is 1. The predicted octanol–water partition coefficient (Wildman–Crippen LogP) is 1.31. The van der Waals surface area contributed by atoms with Crippen molar-refractivity contribution in [2.75, 3.05) is 45.9 Å². The smallest absolute Gasteiger partial charge is 0.251 e. The molecule has 2 aliphatic rings. The molecule has 144 valence electrons. The standard InChI is InChI=1S/C20H30N2O4/c1-2-16-5-7-18(8-6-16)26-15-17(23)14-21-9-11-22(12-10-21)20(24)19-4-3-13-25-19/h5-8,17,19,23H,2-4,9-15H2,1H3/t17-,19+/m0/s1. The van der Waals surface area contributed by atoms with Crippen LogP contribution in [0.5, 0.6) is 5.75 Å². The summed E-state index contributed by atoms with van der Waals surface area (Å²) < 4.78 is 11.2. The fourth-order valence-electron chi connectivity index (χ4n) is 3.49. The Hall–Kier alpha value is -1.63. The van der Waals surface area contributed by atoms with Crippen molar-refractivity contribution in [3.05, 3.63) is 29.8 Å². The summed E-state index contributed by atoms with van der Waals surface area (Å²) in [4.78, 5) is 16.4. The van der Waals surface area contributed by atoms with Gasteiger partial charge in [-0.25, -0.2) is 0 Å². The van der Waals surface area contributed by atoms with E-state index in [1.807, 2.05) is 29.2 Å². The lowest BCUT2D eigenvalue weighted by Gasteiger charge is -2.36. The second kappa shape index (κ2) is 9.35. The van der Waals surface area contributed by atoms with Crippen molar-refractivity contribution in [2.45, 2.75) is 38.4 Å². The van der Waals surface area contributed by atoms with Gasteiger partial charge in [0.2, 0.25) is 0 Å². The Morgan fingerprint density at radius 1 is 1.27 bits per heavy atom. The molecule has 6 heteroatoms. The van der Waals surface area contributed by atoms with Crippen LogP contribution in [0.25, 0.3) is 0 Å². The first-order valence-electron chi connectivity index (χ1n) is 9.68. The molecule has 2 aliphatic heterocycles. The fraction of sp³-hybridized carbons (Fsp3) is 0.650. The number of aliphatic hydroxyl groups excluding tert-OH is 1. The van der Waals surface area contributed by atoms with Crippen molar-refractivity contribution >= 4 is 5.91 Å². The summed E-state index contributed by atoms with van der Waals surface area (Å²) >= 11 is 0. The summed E-state index contributed by atoms with van der Waals surface area (Å²) in [7, 11) is 0. The lowest BCUT2D eigenvalue weighted by atomic mass is 10.2. The molecule has 0 radical (unpaired) electrons. The van der Waals surface area contributed by atoms with Crippen LogP contribution in [-0.2, 0) is 16.0 Å². The van der Waals surface area contributed by atoms with Crippen molar-refractivity contribution in [3.8, 4) is 5.75 Å². The van der Waals surface area contributed by atoms with Gasteiger partial charge in [-0.2, -0.15) is 0 Å². The van der Waals surface area contributed by atoms with Crippen molar-refractivity contribution in [3.63, 3.8) is 0 Å². The lowest BCUT2D eigenvalue weighted by Crippen LogP contribution is -2.53. The summed E-state index contributed by atoms with van der Waals surface area (Å²) in [6.07, 6.45) is 2.04. The van der Waals surface area contributed by atoms with Gasteiger partial charge in [0, 0.05) is 39.3 Å². The van der Waals surface area contributed by atoms with Crippen LogP contribution in [0.1, 0.15) is 25.3 Å². The average molecular weight is 362 g/mol. The maximum Gasteiger partial charge on any atom is 0.251 e. The summed E-state index contributed by atoms with van der Waals surface area (Å²) in [6, 6.07) is 7.99. The number of nitrogens with zero attached hydrogens (tertiary/aromatic N) is 2. The maximum atomic E-state index is 12.3. The van der Waals surface area contributed by atoms with E-state index in [-0.39, 0.29) is 18.6 Å². The first kappa shape index (κ1) is 19.1. The number of carbonyl (C=O) groups excluding carboxylic acids is 1. The molecule has 1 aromatic rings. The minimum atomic E-state index is -0.540. The van der Waals surface area contributed by atoms with Crippen molar-refractivity contribution in [1.82, 2.24) is 9.80 Å². The quantitative estimate of drug-likeness (QED) is 0.793. The largest absolute Gasteiger partial charge is 0.491 e. The molecule has 1 aromatic carbocycles. The number of piperazine rings is 1. The average Bonchev–Trinajstić information content (AvgIpc) is 3.21. The number of rotatable bonds is 7. The highest BCUT2D eigenvalue weighted by Gasteiger charge is 2.30. The monoisotopic (exact) mass is 362 g/mol. The van der Waals surface area contributed by atoms with Gasteiger partial charge in [-0.3, -0.25) is 9.69 Å². The van der Waals surface area contributed by atoms with Crippen molar-refractivity contribution in [2.24, 2.45) is 0 Å². The zero-order valence-corrected chi connectivity index (χ0v) is 15.6. The third-order valence-electron chi connectivity index (χ3n) is 5.13. The molecule has 2 saturated heterocycles. The third-order valence-corrected chi connectivity index (χ3v) is 5.13. The summed E-state index contributed by atoms with van der Waals surface area (Å²) in [5, 5.41) is 10.2. The van der Waals surface area contributed by atoms with Gasteiger partial charge >= 0.3 is 0 Å². The molecule has 2 heterocycles. The fourth-order valence-corrected chi connectivity index (χ4v) is 3.49. The Morgan fingerprint density at radius 3 is 2.62 bits per heavy atom. The molecule has 1 amide bonds. The third kappa shape index (κ3) is 5.19. The molecule has 0 aromatic heterocycles. The Labute approximate surface area is 155 Å². The second-order valence-electron chi connectivity index (χ2n) is 7.09. The second-order valence-corrected chi connectivity index (χ2v) is 7.09. The van der Waals surface area contributed by atoms with E-state index >= 15 is 0 Å². The maximum absolute atomic E-state index is 12.3. The van der Waals surface area contributed by atoms with Gasteiger partial charge in [0.1, 0.15) is 24.6 Å². The van der Waals surface area contributed by atoms with Crippen LogP contribution in [0.15, 0.2) is 24.3 Å². The molecule has 2 fully saturated rings. The molecule has 6 nitrogen and oxygen atoms in total. The minimum absolute atomic E-state index is 0.126. The summed E-state index contributed by atoms with van der Waals surface area (Å²) in [6.45, 7) is 6.62. The van der Waals surface area contributed by atoms with Crippen LogP contribution in [0, 0.1) is 0 Å². The van der Waals surface area contributed by atoms with Crippen LogP contribution in [0.3, 0.4) is 0 Å². The van der Waals surface area contributed by atoms with Crippen LogP contribution in [0.4, 0.5) is 0 Å². The van der Waals surface area contributed by atoms with Crippen LogP contribution in [-0.4, -0.2) is 79.0 Å². The normalized spacial score (nSPS) is 22.4. The molecule has 0 unspecified atom stereocenters. The van der Waals surface area contributed by atoms with Crippen molar-refractivity contribution < 1.29 is 19.4 Å². The molecule has 26 heavy (non-hydrogen) atoms. The summed E-state index contributed by atoms with van der Waals surface area (Å²) in [5.74, 6) is 0.912. The van der Waals surface area contributed by atoms with E-state index in [1.54, 1.807) is 0 Å². The van der Waals surface area contributed by atoms with E-state index in [9.17, 15) is 9.90 Å². The van der Waals surface area contributed by atoms with Gasteiger partial charge in [0.25, 0.3) is 5.91 Å². The SMILES string of the molecule is CCc1ccc(OC[C@@H](O)CN2CCN(C(=O)[C@H]3CCCO3)CC2)cc1. The van der Waals surface area contributed by atoms with Gasteiger partial charge in [0.05, 0.1) is 0 Å². The highest BCUT2D eigenvalue weighted by Crippen LogP contribution is 2.16. The summed E-state index contributed by atoms with van der Waals surface area (Å²) in [5.41, 5.74) is 1.27. The topological polar surface area (TPSA) is 62.2 Å². The van der Waals surface area contributed by atoms with Gasteiger partial charge < -0.3 is 19.5 Å². The highest BCUT2D eigenvalue weighted by atomic mass is 16.5. The Balaban J connectivity index is 1.36. The van der Waals surface area contributed by atoms with Crippen molar-refractivity contribution in [1.29, 1.82) is 0 Å². The first-order valence-corrected chi connectivity index (χ1v) is 9.68. The van der Waals surface area contributed by atoms with E-state index in [2.05, 4.69) is 11.8 Å². The molecule has 3 rings (SSSR count). The lowest BCUT2D eigenvalue weighted by molar-refractivity contribution is -0.142. The molecule has 0 bridgehead atoms. The van der Waals surface area contributed by atoms with E-state index in [0.29, 0.717) is 26.2 Å². The molecular formula is C20H30N2O4. The van der Waals surface area contributed by atoms with Gasteiger partial charge in [-0.1, -0.05) is 19.1 Å². The molecule has 0 spiro atoms. The van der Waals surface area contributed by atoms with E-state index in [4.69, 9.17) is 9.47 Å². The predicted molar refractivity (Wildman–Crippen MR) is 99.3 cm³/mol. The number of ether oxygens (including phenoxy) is 2. The number of aliphatic hydroxyl groups is 1. The Morgan fingerprint density at radius 2 is 2.00 bits per heavy atom. The number of aryl methyl sites for hydroxylation is 1. The highest BCUT2D eigenvalue weighted by molar-refractivity contribution is 5.81. The van der Waals surface area contributed by atoms with E-state index < -0.39 is 6.10 Å². The van der Waals surface area contributed by atoms with Crippen LogP contribution >= 0.6 is 0 Å². The molecule has 0 aliphatic carbocycles. The van der Waals surface area contributed by atoms with E-state index in [1.165, 1.54) is 5.56 Å². The Bertz CT molecular complexity index is 564. The van der Waals surface area contributed by atoms with Gasteiger partial charge in [0.15, 0.2) is 0 Å². The van der Waals surface area contributed by atoms with Gasteiger partial charge in [-0.05, 0) is 37.0 Å². The molecule has 0 saturated carbocycles. The number of amides is 1. The zero-order chi connectivity index (χ0) is 18.4. The Kier molecular flexibility index (Phi) is 6.88.